The Morgan fingerprint density at radius 3 is 2.66 bits per heavy atom. The highest BCUT2D eigenvalue weighted by molar-refractivity contribution is 6.00. The van der Waals surface area contributed by atoms with Gasteiger partial charge in [0.2, 0.25) is 0 Å². The number of carbonyl (C=O) groups is 1. The standard InChI is InChI=1S/C25H31NO3/c1-19(23-12-9-21-5-2-3-6-24(21)25(23)27)20-7-10-22(11-8-20)29-16-4-13-26-14-17-28-18-15-26/h2-3,5-8,10-11,19,23H,4,9,12-18H2,1H3. The van der Waals surface area contributed by atoms with Crippen LogP contribution >= 0.6 is 0 Å². The predicted octanol–water partition coefficient (Wildman–Crippen LogP) is 4.34. The van der Waals surface area contributed by atoms with Gasteiger partial charge in [-0.3, -0.25) is 9.69 Å². The Bertz CT molecular complexity index is 811. The summed E-state index contributed by atoms with van der Waals surface area (Å²) < 4.78 is 11.3. The van der Waals surface area contributed by atoms with Crippen molar-refractivity contribution >= 4 is 5.78 Å². The molecule has 0 aromatic heterocycles. The van der Waals surface area contributed by atoms with Crippen LogP contribution in [0.4, 0.5) is 0 Å². The van der Waals surface area contributed by atoms with Gasteiger partial charge in [-0.25, -0.2) is 0 Å². The van der Waals surface area contributed by atoms with Crippen molar-refractivity contribution in [2.45, 2.75) is 32.1 Å². The van der Waals surface area contributed by atoms with Gasteiger partial charge in [0.25, 0.3) is 0 Å². The average molecular weight is 394 g/mol. The lowest BCUT2D eigenvalue weighted by Gasteiger charge is -2.28. The third kappa shape index (κ3) is 4.88. The first-order chi connectivity index (χ1) is 14.2. The Kier molecular flexibility index (Phi) is 6.63. The lowest BCUT2D eigenvalue weighted by Crippen LogP contribution is -2.37. The Labute approximate surface area is 173 Å². The zero-order chi connectivity index (χ0) is 20.1. The molecule has 2 aliphatic rings. The van der Waals surface area contributed by atoms with E-state index in [1.54, 1.807) is 0 Å². The van der Waals surface area contributed by atoms with Crippen molar-refractivity contribution in [2.75, 3.05) is 39.5 Å². The topological polar surface area (TPSA) is 38.8 Å². The molecular weight excluding hydrogens is 362 g/mol. The number of morpholine rings is 1. The second-order valence-electron chi connectivity index (χ2n) is 8.18. The molecule has 0 N–H and O–H groups in total. The van der Waals surface area contributed by atoms with Crippen LogP contribution in [-0.2, 0) is 11.2 Å². The molecule has 2 atom stereocenters. The molecule has 1 heterocycles. The van der Waals surface area contributed by atoms with E-state index in [-0.39, 0.29) is 11.8 Å². The molecule has 4 heteroatoms. The van der Waals surface area contributed by atoms with E-state index in [1.807, 2.05) is 30.3 Å². The van der Waals surface area contributed by atoms with E-state index in [0.29, 0.717) is 5.78 Å². The van der Waals surface area contributed by atoms with E-state index in [1.165, 1.54) is 11.1 Å². The van der Waals surface area contributed by atoms with Gasteiger partial charge in [-0.2, -0.15) is 0 Å². The minimum atomic E-state index is 0.0604. The Morgan fingerprint density at radius 2 is 1.86 bits per heavy atom. The van der Waals surface area contributed by atoms with Crippen LogP contribution in [0.2, 0.25) is 0 Å². The van der Waals surface area contributed by atoms with Crippen LogP contribution in [0.1, 0.15) is 47.2 Å². The zero-order valence-electron chi connectivity index (χ0n) is 17.3. The van der Waals surface area contributed by atoms with E-state index in [9.17, 15) is 4.79 Å². The van der Waals surface area contributed by atoms with Gasteiger partial charge in [-0.05, 0) is 48.4 Å². The maximum atomic E-state index is 13.0. The van der Waals surface area contributed by atoms with E-state index >= 15 is 0 Å². The Hall–Kier alpha value is -2.17. The van der Waals surface area contributed by atoms with Crippen LogP contribution in [0.15, 0.2) is 48.5 Å². The minimum absolute atomic E-state index is 0.0604. The van der Waals surface area contributed by atoms with E-state index in [2.05, 4.69) is 30.0 Å². The van der Waals surface area contributed by atoms with E-state index in [4.69, 9.17) is 9.47 Å². The third-order valence-electron chi connectivity index (χ3n) is 6.34. The summed E-state index contributed by atoms with van der Waals surface area (Å²) >= 11 is 0. The van der Waals surface area contributed by atoms with Crippen LogP contribution in [0, 0.1) is 5.92 Å². The fourth-order valence-electron chi connectivity index (χ4n) is 4.50. The number of ketones is 1. The molecule has 0 spiro atoms. The number of Topliss-reactive ketones (excluding diaryl/α,β-unsaturated/α-hetero) is 1. The summed E-state index contributed by atoms with van der Waals surface area (Å²) in [6.45, 7) is 7.70. The van der Waals surface area contributed by atoms with Gasteiger partial charge in [-0.15, -0.1) is 0 Å². The van der Waals surface area contributed by atoms with E-state index in [0.717, 1.165) is 70.0 Å². The number of aryl methyl sites for hydroxylation is 1. The Balaban J connectivity index is 1.29. The molecule has 2 unspecified atom stereocenters. The van der Waals surface area contributed by atoms with Crippen molar-refractivity contribution in [1.29, 1.82) is 0 Å². The molecule has 2 aromatic carbocycles. The number of ether oxygens (including phenoxy) is 2. The summed E-state index contributed by atoms with van der Waals surface area (Å²) in [5.41, 5.74) is 3.32. The summed E-state index contributed by atoms with van der Waals surface area (Å²) in [5, 5.41) is 0. The molecule has 0 bridgehead atoms. The molecule has 4 rings (SSSR count). The fraction of sp³-hybridized carbons (Fsp3) is 0.480. The highest BCUT2D eigenvalue weighted by atomic mass is 16.5. The maximum Gasteiger partial charge on any atom is 0.166 e. The monoisotopic (exact) mass is 393 g/mol. The number of benzene rings is 2. The molecule has 0 saturated carbocycles. The smallest absolute Gasteiger partial charge is 0.166 e. The van der Waals surface area contributed by atoms with Gasteiger partial charge in [0.05, 0.1) is 19.8 Å². The van der Waals surface area contributed by atoms with Crippen LogP contribution in [-0.4, -0.2) is 50.1 Å². The first kappa shape index (κ1) is 20.1. The summed E-state index contributed by atoms with van der Waals surface area (Å²) in [6, 6.07) is 16.4. The second-order valence-corrected chi connectivity index (χ2v) is 8.18. The molecule has 29 heavy (non-hydrogen) atoms. The van der Waals surface area contributed by atoms with Crippen molar-refractivity contribution in [1.82, 2.24) is 4.90 Å². The molecule has 1 aliphatic heterocycles. The largest absolute Gasteiger partial charge is 0.494 e. The summed E-state index contributed by atoms with van der Waals surface area (Å²) in [4.78, 5) is 15.4. The van der Waals surface area contributed by atoms with Gasteiger partial charge in [0, 0.05) is 31.1 Å². The van der Waals surface area contributed by atoms with Crippen LogP contribution in [0.5, 0.6) is 5.75 Å². The lowest BCUT2D eigenvalue weighted by atomic mass is 9.74. The highest BCUT2D eigenvalue weighted by Gasteiger charge is 2.31. The third-order valence-corrected chi connectivity index (χ3v) is 6.34. The fourth-order valence-corrected chi connectivity index (χ4v) is 4.50. The van der Waals surface area contributed by atoms with Crippen molar-refractivity contribution in [3.05, 3.63) is 65.2 Å². The predicted molar refractivity (Wildman–Crippen MR) is 115 cm³/mol. The van der Waals surface area contributed by atoms with Gasteiger partial charge >= 0.3 is 0 Å². The number of carbonyl (C=O) groups excluding carboxylic acids is 1. The lowest BCUT2D eigenvalue weighted by molar-refractivity contribution is 0.0358. The maximum absolute atomic E-state index is 13.0. The van der Waals surface area contributed by atoms with Crippen LogP contribution < -0.4 is 4.74 Å². The minimum Gasteiger partial charge on any atom is -0.494 e. The SMILES string of the molecule is CC(c1ccc(OCCCN2CCOCC2)cc1)C1CCc2ccccc2C1=O. The highest BCUT2D eigenvalue weighted by Crippen LogP contribution is 2.35. The molecule has 2 aromatic rings. The first-order valence-corrected chi connectivity index (χ1v) is 10.9. The molecule has 4 nitrogen and oxygen atoms in total. The van der Waals surface area contributed by atoms with Crippen LogP contribution in [0.3, 0.4) is 0 Å². The Morgan fingerprint density at radius 1 is 1.10 bits per heavy atom. The molecule has 1 fully saturated rings. The molecule has 0 radical (unpaired) electrons. The normalized spacial score (nSPS) is 20.9. The molecule has 1 saturated heterocycles. The van der Waals surface area contributed by atoms with E-state index < -0.39 is 0 Å². The van der Waals surface area contributed by atoms with Crippen molar-refractivity contribution < 1.29 is 14.3 Å². The second kappa shape index (κ2) is 9.55. The van der Waals surface area contributed by atoms with Crippen molar-refractivity contribution in [3.8, 4) is 5.75 Å². The number of rotatable bonds is 7. The van der Waals surface area contributed by atoms with Gasteiger partial charge in [0.15, 0.2) is 5.78 Å². The number of fused-ring (bicyclic) bond motifs is 1. The molecule has 0 amide bonds. The summed E-state index contributed by atoms with van der Waals surface area (Å²) in [7, 11) is 0. The summed E-state index contributed by atoms with van der Waals surface area (Å²) in [5.74, 6) is 1.47. The zero-order valence-corrected chi connectivity index (χ0v) is 17.3. The first-order valence-electron chi connectivity index (χ1n) is 10.9. The van der Waals surface area contributed by atoms with Gasteiger partial charge < -0.3 is 9.47 Å². The average Bonchev–Trinajstić information content (AvgIpc) is 2.78. The number of nitrogens with zero attached hydrogens (tertiary/aromatic N) is 1. The molecule has 154 valence electrons. The van der Waals surface area contributed by atoms with Crippen molar-refractivity contribution in [2.24, 2.45) is 5.92 Å². The van der Waals surface area contributed by atoms with Gasteiger partial charge in [0.1, 0.15) is 5.75 Å². The summed E-state index contributed by atoms with van der Waals surface area (Å²) in [6.07, 6.45) is 2.94. The number of hydrogen-bond donors (Lipinski definition) is 0. The molecular formula is C25H31NO3. The van der Waals surface area contributed by atoms with Crippen molar-refractivity contribution in [3.63, 3.8) is 0 Å². The number of hydrogen-bond acceptors (Lipinski definition) is 4. The quantitative estimate of drug-likeness (QED) is 0.656. The molecule has 1 aliphatic carbocycles. The van der Waals surface area contributed by atoms with Gasteiger partial charge in [-0.1, -0.05) is 43.3 Å². The van der Waals surface area contributed by atoms with Crippen LogP contribution in [0.25, 0.3) is 0 Å².